The van der Waals surface area contributed by atoms with Crippen molar-refractivity contribution in [1.29, 1.82) is 0 Å². The van der Waals surface area contributed by atoms with Crippen molar-refractivity contribution in [2.24, 2.45) is 10.6 Å². The summed E-state index contributed by atoms with van der Waals surface area (Å²) >= 11 is 0. The number of fused-ring (bicyclic) bond motifs is 1. The highest BCUT2D eigenvalue weighted by molar-refractivity contribution is 7.69. The van der Waals surface area contributed by atoms with Gasteiger partial charge in [0.25, 0.3) is 6.43 Å². The Morgan fingerprint density at radius 1 is 1.11 bits per heavy atom. The van der Waals surface area contributed by atoms with Crippen molar-refractivity contribution in [3.63, 3.8) is 0 Å². The minimum Gasteiger partial charge on any atom is -0.347 e. The van der Waals surface area contributed by atoms with Crippen LogP contribution in [0.1, 0.15) is 37.9 Å². The number of hydrogen-bond donors (Lipinski definition) is 2. The first kappa shape index (κ1) is 29.6. The van der Waals surface area contributed by atoms with E-state index in [4.69, 9.17) is 8.42 Å². The maximum absolute atomic E-state index is 13.9. The first-order valence-electron chi connectivity index (χ1n) is 10.6. The van der Waals surface area contributed by atoms with Gasteiger partial charge >= 0.3 is 6.18 Å². The fourth-order valence-electron chi connectivity index (χ4n) is 3.87. The number of pyridine rings is 1. The second-order valence-corrected chi connectivity index (χ2v) is 10.2. The number of thiol groups is 1. The number of nitrogens with zero attached hydrogens (tertiary/aromatic N) is 3. The molecule has 0 aliphatic rings. The number of benzene rings is 1. The topological polar surface area (TPSA) is 81.2 Å². The van der Waals surface area contributed by atoms with Crippen molar-refractivity contribution in [1.82, 2.24) is 14.5 Å². The molecule has 0 bridgehead atoms. The Bertz CT molecular complexity index is 1260. The molecule has 0 spiro atoms. The van der Waals surface area contributed by atoms with Crippen molar-refractivity contribution in [3.8, 4) is 11.3 Å². The summed E-state index contributed by atoms with van der Waals surface area (Å²) in [6, 6.07) is 3.66. The van der Waals surface area contributed by atoms with Crippen LogP contribution in [0.2, 0.25) is 0 Å². The maximum atomic E-state index is 13.9. The van der Waals surface area contributed by atoms with E-state index in [0.717, 1.165) is 6.20 Å². The number of nitrogens with two attached hydrogens (primary N) is 1. The van der Waals surface area contributed by atoms with Gasteiger partial charge < -0.3 is 4.57 Å². The smallest absolute Gasteiger partial charge is 0.347 e. The van der Waals surface area contributed by atoms with Crippen LogP contribution in [0.5, 0.6) is 0 Å². The average Bonchev–Trinajstić information content (AvgIpc) is 3.02. The molecule has 3 aromatic rings. The van der Waals surface area contributed by atoms with Crippen LogP contribution in [0.15, 0.2) is 36.7 Å². The highest BCUT2D eigenvalue weighted by Gasteiger charge is 2.35. The highest BCUT2D eigenvalue weighted by Crippen LogP contribution is 2.39. The van der Waals surface area contributed by atoms with E-state index in [9.17, 15) is 26.3 Å². The summed E-state index contributed by atoms with van der Waals surface area (Å²) in [4.78, 5) is 5.11. The fourth-order valence-corrected chi connectivity index (χ4v) is 3.87. The van der Waals surface area contributed by atoms with Gasteiger partial charge in [-0.1, -0.05) is 32.9 Å². The van der Waals surface area contributed by atoms with E-state index in [2.05, 4.69) is 10.1 Å². The van der Waals surface area contributed by atoms with E-state index in [-0.39, 0.29) is 11.0 Å². The van der Waals surface area contributed by atoms with Gasteiger partial charge in [0.2, 0.25) is 0 Å². The van der Waals surface area contributed by atoms with Gasteiger partial charge in [0.1, 0.15) is 5.82 Å². The second-order valence-electron chi connectivity index (χ2n) is 9.58. The van der Waals surface area contributed by atoms with Crippen LogP contribution in [0.25, 0.3) is 22.2 Å². The van der Waals surface area contributed by atoms with Gasteiger partial charge in [-0.25, -0.2) is 26.7 Å². The maximum Gasteiger partial charge on any atom is 0.418 e. The first-order chi connectivity index (χ1) is 16.4. The molecule has 2 N–H and O–H groups in total. The first-order valence-corrected chi connectivity index (χ1v) is 11.9. The van der Waals surface area contributed by atoms with Crippen LogP contribution < -0.4 is 5.14 Å². The summed E-state index contributed by atoms with van der Waals surface area (Å²) in [7, 11) is 0.483. The minimum atomic E-state index is -4.80. The molecule has 0 fully saturated rings. The zero-order valence-electron chi connectivity index (χ0n) is 20.3. The van der Waals surface area contributed by atoms with E-state index in [1.165, 1.54) is 23.1 Å². The van der Waals surface area contributed by atoms with Crippen LogP contribution in [0, 0.1) is 11.2 Å². The predicted octanol–water partition coefficient (Wildman–Crippen LogP) is 5.25. The molecule has 2 aromatic heterocycles. The molecule has 0 saturated heterocycles. The zero-order chi connectivity index (χ0) is 27.6. The number of hydrogen-bond acceptors (Lipinski definition) is 4. The Kier molecular flexibility index (Phi) is 9.19. The molecule has 2 heterocycles. The van der Waals surface area contributed by atoms with Gasteiger partial charge in [-0.05, 0) is 31.6 Å². The van der Waals surface area contributed by atoms with Crippen molar-refractivity contribution >= 4 is 21.8 Å². The Hall–Kier alpha value is -2.64. The Morgan fingerprint density at radius 3 is 2.17 bits per heavy atom. The fraction of sp³-hybridized carbons (Fsp3) is 0.435. The SMILES string of the molecule is CN(C)C(c1cn(CC(C)(C)C)c2cc(-c3ncc(F)cc3C(F)(F)F)ccc12)C(F)F.N[SH](=O)=O. The van der Waals surface area contributed by atoms with Gasteiger partial charge in [-0.3, -0.25) is 9.88 Å². The Morgan fingerprint density at radius 2 is 1.69 bits per heavy atom. The molecule has 0 aliphatic carbocycles. The van der Waals surface area contributed by atoms with E-state index in [1.807, 2.05) is 20.8 Å². The number of aromatic nitrogens is 2. The van der Waals surface area contributed by atoms with Gasteiger partial charge in [-0.2, -0.15) is 13.2 Å². The van der Waals surface area contributed by atoms with E-state index >= 15 is 0 Å². The lowest BCUT2D eigenvalue weighted by Crippen LogP contribution is -2.26. The summed E-state index contributed by atoms with van der Waals surface area (Å²) in [5, 5.41) is 4.59. The summed E-state index contributed by atoms with van der Waals surface area (Å²) in [6.07, 6.45) is -5.09. The molecular formula is C23H28F6N4O2S. The molecule has 1 aromatic carbocycles. The minimum absolute atomic E-state index is 0.128. The largest absolute Gasteiger partial charge is 0.418 e. The van der Waals surface area contributed by atoms with E-state index in [0.29, 0.717) is 29.1 Å². The molecule has 0 radical (unpaired) electrons. The van der Waals surface area contributed by atoms with Gasteiger partial charge in [0, 0.05) is 34.8 Å². The normalized spacial score (nSPS) is 13.4. The third kappa shape index (κ3) is 7.43. The van der Waals surface area contributed by atoms with E-state index < -0.39 is 46.6 Å². The highest BCUT2D eigenvalue weighted by atomic mass is 32.2. The standard InChI is InChI=1S/C23H25F6N3.H3NO2S/c1-22(2,3)12-32-11-16(20(21(25)26)31(4)5)15-7-6-13(8-18(15)32)19-17(23(27,28)29)9-14(24)10-30-19;1-4(2)3/h6-11,20-21H,12H2,1-5H3;4H,(H2,1,2,3). The van der Waals surface area contributed by atoms with Crippen LogP contribution in [0.3, 0.4) is 0 Å². The third-order valence-corrected chi connectivity index (χ3v) is 5.10. The lowest BCUT2D eigenvalue weighted by atomic mass is 9.97. The van der Waals surface area contributed by atoms with Gasteiger partial charge in [0.05, 0.1) is 23.5 Å². The average molecular weight is 539 g/mol. The molecule has 1 unspecified atom stereocenters. The molecule has 6 nitrogen and oxygen atoms in total. The molecule has 13 heteroatoms. The molecule has 0 saturated carbocycles. The van der Waals surface area contributed by atoms with Crippen LogP contribution in [0.4, 0.5) is 26.3 Å². The summed E-state index contributed by atoms with van der Waals surface area (Å²) in [5.74, 6) is -1.09. The third-order valence-electron chi connectivity index (χ3n) is 5.10. The Balaban J connectivity index is 0.00000106. The van der Waals surface area contributed by atoms with Gasteiger partial charge in [-0.15, -0.1) is 0 Å². The molecule has 3 rings (SSSR count). The number of halogens is 6. The van der Waals surface area contributed by atoms with Crippen LogP contribution >= 0.6 is 0 Å². The lowest BCUT2D eigenvalue weighted by molar-refractivity contribution is -0.137. The zero-order valence-corrected chi connectivity index (χ0v) is 21.2. The quantitative estimate of drug-likeness (QED) is 0.344. The Labute approximate surface area is 206 Å². The van der Waals surface area contributed by atoms with E-state index in [1.54, 1.807) is 24.9 Å². The van der Waals surface area contributed by atoms with Crippen molar-refractivity contribution < 1.29 is 34.8 Å². The molecule has 0 aliphatic heterocycles. The molecule has 200 valence electrons. The number of rotatable bonds is 5. The summed E-state index contributed by atoms with van der Waals surface area (Å²) in [5.41, 5.74) is -0.794. The van der Waals surface area contributed by atoms with Gasteiger partial charge in [0.15, 0.2) is 10.9 Å². The monoisotopic (exact) mass is 538 g/mol. The number of alkyl halides is 5. The van der Waals surface area contributed by atoms with Crippen molar-refractivity contribution in [3.05, 3.63) is 53.6 Å². The van der Waals surface area contributed by atoms with Crippen molar-refractivity contribution in [2.75, 3.05) is 14.1 Å². The molecule has 0 amide bonds. The molecule has 36 heavy (non-hydrogen) atoms. The molecule has 1 atom stereocenters. The van der Waals surface area contributed by atoms with Crippen molar-refractivity contribution in [2.45, 2.75) is 46.0 Å². The summed E-state index contributed by atoms with van der Waals surface area (Å²) in [6.45, 7) is 6.38. The second kappa shape index (κ2) is 11.2. The summed E-state index contributed by atoms with van der Waals surface area (Å²) < 4.78 is 101. The van der Waals surface area contributed by atoms with Crippen LogP contribution in [-0.2, 0) is 23.6 Å². The lowest BCUT2D eigenvalue weighted by Gasteiger charge is -2.23. The van der Waals surface area contributed by atoms with Crippen LogP contribution in [-0.4, -0.2) is 43.4 Å². The predicted molar refractivity (Wildman–Crippen MR) is 127 cm³/mol. The molecular weight excluding hydrogens is 510 g/mol.